The Kier molecular flexibility index (Phi) is 5.77. The van der Waals surface area contributed by atoms with Crippen LogP contribution in [0.3, 0.4) is 0 Å². The zero-order valence-corrected chi connectivity index (χ0v) is 24.8. The van der Waals surface area contributed by atoms with E-state index in [0.717, 1.165) is 14.5 Å². The highest BCUT2D eigenvalue weighted by Gasteiger charge is 2.53. The van der Waals surface area contributed by atoms with Gasteiger partial charge in [0.15, 0.2) is 0 Å². The summed E-state index contributed by atoms with van der Waals surface area (Å²) in [5.41, 5.74) is 2.69. The fraction of sp³-hybridized carbons (Fsp3) is 0.156. The number of amidine groups is 1. The second-order valence-corrected chi connectivity index (χ2v) is 12.2. The van der Waals surface area contributed by atoms with E-state index in [1.807, 2.05) is 44.2 Å². The first-order valence-electron chi connectivity index (χ1n) is 14.4. The number of nitrogens with one attached hydrogen (secondary N) is 1. The molecule has 0 radical (unpaired) electrons. The van der Waals surface area contributed by atoms with Gasteiger partial charge in [0.25, 0.3) is 0 Å². The van der Waals surface area contributed by atoms with Gasteiger partial charge in [0, 0.05) is 28.5 Å². The van der Waals surface area contributed by atoms with Crippen molar-refractivity contribution in [3.63, 3.8) is 0 Å². The number of fused-ring (bicyclic) bond motifs is 4. The number of aromatic nitrogens is 4. The van der Waals surface area contributed by atoms with Gasteiger partial charge in [0.2, 0.25) is 17.4 Å². The van der Waals surface area contributed by atoms with Crippen LogP contribution in [-0.4, -0.2) is 53.9 Å². The van der Waals surface area contributed by atoms with Gasteiger partial charge < -0.3 is 22.3 Å². The second kappa shape index (κ2) is 9.45. The molecule has 8 rings (SSSR count). The maximum absolute atomic E-state index is 16.2. The van der Waals surface area contributed by atoms with E-state index in [2.05, 4.69) is 15.6 Å². The topological polar surface area (TPSA) is 94.1 Å². The molecule has 0 saturated heterocycles. The number of Topliss-reactive ketones (excluding diaryl/α,β-unsaturated/α-hetero) is 2. The van der Waals surface area contributed by atoms with Crippen LogP contribution in [-0.2, 0) is 16.1 Å². The summed E-state index contributed by atoms with van der Waals surface area (Å²) in [5.74, 6) is -0.714. The summed E-state index contributed by atoms with van der Waals surface area (Å²) in [6.07, 6.45) is 4.90. The molecule has 1 N–H and O–H groups in total. The van der Waals surface area contributed by atoms with Crippen LogP contribution in [0.4, 0.5) is 8.63 Å². The molecule has 4 aromatic rings. The predicted molar refractivity (Wildman–Crippen MR) is 163 cm³/mol. The van der Waals surface area contributed by atoms with Gasteiger partial charge in [-0.05, 0) is 37.6 Å². The Morgan fingerprint density at radius 2 is 1.73 bits per heavy atom. The first-order chi connectivity index (χ1) is 21.6. The van der Waals surface area contributed by atoms with Crippen LogP contribution in [0.15, 0.2) is 96.3 Å². The van der Waals surface area contributed by atoms with Gasteiger partial charge in [-0.25, -0.2) is 4.68 Å². The van der Waals surface area contributed by atoms with Crippen LogP contribution in [0, 0.1) is 0 Å². The third kappa shape index (κ3) is 3.88. The fourth-order valence-corrected chi connectivity index (χ4v) is 7.04. The van der Waals surface area contributed by atoms with E-state index in [-0.39, 0.29) is 23.1 Å². The molecule has 0 saturated carbocycles. The molecule has 5 heterocycles. The lowest BCUT2D eigenvalue weighted by molar-refractivity contribution is -0.363. The van der Waals surface area contributed by atoms with Crippen LogP contribution in [0.2, 0.25) is 5.15 Å². The number of hydrogen-bond acceptors (Lipinski definition) is 6. The molecule has 2 aromatic heterocycles. The predicted octanol–water partition coefficient (Wildman–Crippen LogP) is 5.03. The average Bonchev–Trinajstić information content (AvgIpc) is 3.80. The molecule has 0 fully saturated rings. The van der Waals surface area contributed by atoms with E-state index in [0.29, 0.717) is 39.5 Å². The van der Waals surface area contributed by atoms with Crippen molar-refractivity contribution in [3.05, 3.63) is 130 Å². The van der Waals surface area contributed by atoms with Crippen molar-refractivity contribution in [3.8, 4) is 0 Å². The average molecular weight is 625 g/mol. The maximum Gasteiger partial charge on any atom is 0.640 e. The van der Waals surface area contributed by atoms with Gasteiger partial charge in [0.05, 0.1) is 22.6 Å². The molecule has 224 valence electrons. The Hall–Kier alpha value is -5.10. The summed E-state index contributed by atoms with van der Waals surface area (Å²) in [5, 5.41) is 11.6. The number of carbonyl (C=O) groups is 2. The lowest BCUT2D eigenvalue weighted by Crippen LogP contribution is -2.52. The number of rotatable bonds is 4. The van der Waals surface area contributed by atoms with E-state index in [1.165, 1.54) is 10.7 Å². The molecule has 0 amide bonds. The number of halogens is 3. The van der Waals surface area contributed by atoms with E-state index in [9.17, 15) is 9.59 Å². The van der Waals surface area contributed by atoms with Gasteiger partial charge in [-0.15, -0.1) is 5.10 Å². The normalized spacial score (nSPS) is 20.7. The van der Waals surface area contributed by atoms with Crippen LogP contribution in [0.5, 0.6) is 0 Å². The minimum Gasteiger partial charge on any atom is -0.484 e. The van der Waals surface area contributed by atoms with E-state index < -0.39 is 30.2 Å². The number of hydrogen-bond donors (Lipinski definition) is 1. The van der Waals surface area contributed by atoms with Gasteiger partial charge in [-0.3, -0.25) is 14.9 Å². The zero-order chi connectivity index (χ0) is 31.2. The first-order valence-corrected chi connectivity index (χ1v) is 14.8. The maximum atomic E-state index is 16.2. The Balaban J connectivity index is 1.14. The van der Waals surface area contributed by atoms with Crippen molar-refractivity contribution >= 4 is 47.3 Å². The smallest absolute Gasteiger partial charge is 0.484 e. The Morgan fingerprint density at radius 3 is 2.51 bits per heavy atom. The number of carbonyl (C=O) groups excluding carboxylic acids is 2. The molecule has 9 nitrogen and oxygen atoms in total. The Bertz CT molecular complexity index is 2110. The molecule has 0 bridgehead atoms. The van der Waals surface area contributed by atoms with Gasteiger partial charge >= 0.3 is 6.97 Å². The molecule has 1 atom stereocenters. The third-order valence-corrected chi connectivity index (χ3v) is 8.97. The Labute approximate surface area is 260 Å². The SMILES string of the molecule is CC1(C)OC2=C(C(=O)C(=O)c3ccccc32)C1n1cc(CNC2=[N+]3C(=C(c4ccccc4)c4ccc(Cl)n4[B-]3(F)F)C=C2)nn1. The lowest BCUT2D eigenvalue weighted by atomic mass is 9.83. The molecule has 0 spiro atoms. The summed E-state index contributed by atoms with van der Waals surface area (Å²) in [6, 6.07) is 18.5. The van der Waals surface area contributed by atoms with Crippen molar-refractivity contribution in [2.45, 2.75) is 32.0 Å². The lowest BCUT2D eigenvalue weighted by Gasteiger charge is -2.36. The molecule has 13 heteroatoms. The van der Waals surface area contributed by atoms with Gasteiger partial charge in [-0.1, -0.05) is 71.4 Å². The molecule has 4 aliphatic rings. The summed E-state index contributed by atoms with van der Waals surface area (Å²) in [6.45, 7) is -0.652. The first kappa shape index (κ1) is 27.5. The van der Waals surface area contributed by atoms with Crippen LogP contribution in [0.25, 0.3) is 11.3 Å². The third-order valence-electron chi connectivity index (χ3n) is 8.66. The number of ether oxygens (including phenoxy) is 1. The molecule has 45 heavy (non-hydrogen) atoms. The number of ketones is 2. The monoisotopic (exact) mass is 624 g/mol. The van der Waals surface area contributed by atoms with Crippen molar-refractivity contribution in [1.82, 2.24) is 24.8 Å². The highest BCUT2D eigenvalue weighted by Crippen LogP contribution is 2.49. The van der Waals surface area contributed by atoms with Crippen LogP contribution in [0.1, 0.15) is 52.8 Å². The van der Waals surface area contributed by atoms with E-state index in [4.69, 9.17) is 16.3 Å². The quantitative estimate of drug-likeness (QED) is 0.253. The number of benzene rings is 2. The van der Waals surface area contributed by atoms with Crippen molar-refractivity contribution in [2.24, 2.45) is 0 Å². The van der Waals surface area contributed by atoms with Gasteiger partial charge in [0.1, 0.15) is 29.6 Å². The molecule has 3 aliphatic heterocycles. The van der Waals surface area contributed by atoms with Crippen molar-refractivity contribution in [1.29, 1.82) is 0 Å². The fourth-order valence-electron chi connectivity index (χ4n) is 6.77. The summed E-state index contributed by atoms with van der Waals surface area (Å²) >= 11 is 6.31. The number of allylic oxidation sites excluding steroid dienone is 1. The minimum atomic E-state index is -4.33. The molecule has 1 unspecified atom stereocenters. The van der Waals surface area contributed by atoms with Crippen LogP contribution < -0.4 is 5.32 Å². The second-order valence-electron chi connectivity index (χ2n) is 11.8. The van der Waals surface area contributed by atoms with Crippen LogP contribution >= 0.6 is 11.6 Å². The van der Waals surface area contributed by atoms with E-state index >= 15 is 8.63 Å². The number of nitrogens with zero attached hydrogens (tertiary/aromatic N) is 5. The zero-order valence-electron chi connectivity index (χ0n) is 24.0. The molecule has 1 aliphatic carbocycles. The molecular weight excluding hydrogens is 601 g/mol. The highest BCUT2D eigenvalue weighted by atomic mass is 35.5. The largest absolute Gasteiger partial charge is 0.640 e. The summed E-state index contributed by atoms with van der Waals surface area (Å²) < 4.78 is 41.9. The summed E-state index contributed by atoms with van der Waals surface area (Å²) in [7, 11) is 0. The standard InChI is InChI=1S/C32H24BClF2N6O3/c1-32(2)31(27-29(44)28(43)20-10-6-7-11-21(20)30(27)45-32)40-17-19(38-39-40)16-37-25-15-13-23-26(18-8-4-3-5-9-18)22-12-14-24(34)41(22)33(35,36)42(23)25/h3-15,17,31,37H,16H2,1-2H3. The van der Waals surface area contributed by atoms with Crippen molar-refractivity contribution in [2.75, 3.05) is 0 Å². The van der Waals surface area contributed by atoms with E-state index in [1.54, 1.807) is 48.7 Å². The molecule has 2 aromatic carbocycles. The highest BCUT2D eigenvalue weighted by molar-refractivity contribution is 6.59. The Morgan fingerprint density at radius 1 is 1.00 bits per heavy atom. The summed E-state index contributed by atoms with van der Waals surface area (Å²) in [4.78, 5) is 26.3. The van der Waals surface area contributed by atoms with Crippen molar-refractivity contribution < 1.29 is 27.4 Å². The molecular formula is C32H24BClF2N6O3. The minimum absolute atomic E-state index is 0.0537. The van der Waals surface area contributed by atoms with Gasteiger partial charge in [-0.2, -0.15) is 0 Å².